The number of nitrogens with zero attached hydrogens (tertiary/aromatic N) is 2. The molecule has 2 aliphatic rings. The monoisotopic (exact) mass is 300 g/mol. The van der Waals surface area contributed by atoms with Gasteiger partial charge in [0, 0.05) is 30.1 Å². The third kappa shape index (κ3) is 2.63. The number of hydrogen-bond donors (Lipinski definition) is 0. The van der Waals surface area contributed by atoms with E-state index in [9.17, 15) is 9.18 Å². The van der Waals surface area contributed by atoms with Crippen LogP contribution in [0.3, 0.4) is 0 Å². The summed E-state index contributed by atoms with van der Waals surface area (Å²) in [6.07, 6.45) is 4.15. The lowest BCUT2D eigenvalue weighted by atomic mass is 10.2. The summed E-state index contributed by atoms with van der Waals surface area (Å²) < 4.78 is 19.1. The molecule has 0 saturated heterocycles. The normalized spacial score (nSPS) is 17.5. The average molecular weight is 300 g/mol. The molecule has 0 aliphatic heterocycles. The molecule has 22 heavy (non-hydrogen) atoms. The minimum Gasteiger partial charge on any atom is -0.351 e. The second-order valence-electron chi connectivity index (χ2n) is 6.15. The number of carbonyl (C=O) groups excluding carboxylic acids is 1. The molecule has 0 unspecified atom stereocenters. The van der Waals surface area contributed by atoms with Crippen molar-refractivity contribution in [2.45, 2.75) is 44.2 Å². The van der Waals surface area contributed by atoms with E-state index in [-0.39, 0.29) is 30.1 Å². The molecule has 5 heteroatoms. The number of hydrogen-bond acceptors (Lipinski definition) is 3. The predicted molar refractivity (Wildman–Crippen MR) is 77.8 cm³/mol. The van der Waals surface area contributed by atoms with Gasteiger partial charge < -0.3 is 9.42 Å². The maximum absolute atomic E-state index is 13.8. The number of rotatable bonds is 5. The second-order valence-corrected chi connectivity index (χ2v) is 6.15. The van der Waals surface area contributed by atoms with E-state index in [2.05, 4.69) is 5.16 Å². The first kappa shape index (κ1) is 13.5. The smallest absolute Gasteiger partial charge is 0.293 e. The zero-order valence-electron chi connectivity index (χ0n) is 12.2. The molecule has 2 fully saturated rings. The molecule has 0 spiro atoms. The fourth-order valence-electron chi connectivity index (χ4n) is 2.67. The van der Waals surface area contributed by atoms with Crippen molar-refractivity contribution in [2.24, 2.45) is 0 Å². The van der Waals surface area contributed by atoms with E-state index < -0.39 is 0 Å². The van der Waals surface area contributed by atoms with Gasteiger partial charge in [0.1, 0.15) is 5.82 Å². The Morgan fingerprint density at radius 1 is 1.27 bits per heavy atom. The van der Waals surface area contributed by atoms with Crippen molar-refractivity contribution < 1.29 is 13.7 Å². The standard InChI is InChI=1S/C17H17FN2O2/c18-14-4-2-1-3-12(14)10-20(13-7-8-13)17(21)16-9-15(19-22-16)11-5-6-11/h1-4,9,11,13H,5-8,10H2. The summed E-state index contributed by atoms with van der Waals surface area (Å²) in [4.78, 5) is 14.4. The van der Waals surface area contributed by atoms with E-state index in [1.165, 1.54) is 6.07 Å². The van der Waals surface area contributed by atoms with Gasteiger partial charge in [-0.3, -0.25) is 4.79 Å². The topological polar surface area (TPSA) is 46.3 Å². The van der Waals surface area contributed by atoms with Crippen LogP contribution in [0.2, 0.25) is 0 Å². The van der Waals surface area contributed by atoms with Crippen LogP contribution in [0.5, 0.6) is 0 Å². The lowest BCUT2D eigenvalue weighted by Crippen LogP contribution is -2.32. The number of halogens is 1. The summed E-state index contributed by atoms with van der Waals surface area (Å²) in [7, 11) is 0. The van der Waals surface area contributed by atoms with E-state index in [1.807, 2.05) is 0 Å². The van der Waals surface area contributed by atoms with Gasteiger partial charge in [-0.1, -0.05) is 23.4 Å². The van der Waals surface area contributed by atoms with E-state index in [0.717, 1.165) is 31.4 Å². The van der Waals surface area contributed by atoms with Crippen LogP contribution in [-0.4, -0.2) is 22.0 Å². The summed E-state index contributed by atoms with van der Waals surface area (Å²) in [5.41, 5.74) is 1.40. The van der Waals surface area contributed by atoms with Gasteiger partial charge in [-0.05, 0) is 31.7 Å². The summed E-state index contributed by atoms with van der Waals surface area (Å²) in [6.45, 7) is 0.273. The van der Waals surface area contributed by atoms with Gasteiger partial charge in [0.25, 0.3) is 5.91 Å². The lowest BCUT2D eigenvalue weighted by molar-refractivity contribution is 0.0685. The van der Waals surface area contributed by atoms with Crippen LogP contribution >= 0.6 is 0 Å². The highest BCUT2D eigenvalue weighted by Gasteiger charge is 2.36. The lowest BCUT2D eigenvalue weighted by Gasteiger charge is -2.21. The molecule has 2 saturated carbocycles. The van der Waals surface area contributed by atoms with Crippen LogP contribution in [0.1, 0.15) is 53.4 Å². The highest BCUT2D eigenvalue weighted by Crippen LogP contribution is 2.39. The minimum atomic E-state index is -0.280. The molecule has 1 heterocycles. The molecule has 2 aliphatic carbocycles. The predicted octanol–water partition coefficient (Wildman–Crippen LogP) is 3.50. The first-order chi connectivity index (χ1) is 10.7. The van der Waals surface area contributed by atoms with E-state index in [4.69, 9.17) is 4.52 Å². The molecule has 0 atom stereocenters. The van der Waals surface area contributed by atoms with Crippen molar-refractivity contribution in [3.05, 3.63) is 53.2 Å². The molecule has 0 N–H and O–H groups in total. The van der Waals surface area contributed by atoms with Crippen LogP contribution in [0.25, 0.3) is 0 Å². The Bertz CT molecular complexity index is 704. The van der Waals surface area contributed by atoms with Crippen LogP contribution in [0.4, 0.5) is 4.39 Å². The number of aromatic nitrogens is 1. The average Bonchev–Trinajstić information content (AvgIpc) is 3.45. The van der Waals surface area contributed by atoms with Gasteiger partial charge in [0.2, 0.25) is 5.76 Å². The van der Waals surface area contributed by atoms with Gasteiger partial charge in [0.15, 0.2) is 0 Å². The molecule has 1 aromatic carbocycles. The van der Waals surface area contributed by atoms with E-state index in [1.54, 1.807) is 29.2 Å². The molecule has 0 bridgehead atoms. The van der Waals surface area contributed by atoms with Gasteiger partial charge in [-0.2, -0.15) is 0 Å². The third-order valence-corrected chi connectivity index (χ3v) is 4.28. The van der Waals surface area contributed by atoms with Crippen LogP contribution in [-0.2, 0) is 6.54 Å². The van der Waals surface area contributed by atoms with Crippen molar-refractivity contribution in [3.8, 4) is 0 Å². The molecule has 1 amide bonds. The molecular formula is C17H17FN2O2. The van der Waals surface area contributed by atoms with E-state index >= 15 is 0 Å². The Balaban J connectivity index is 1.55. The molecule has 114 valence electrons. The fourth-order valence-corrected chi connectivity index (χ4v) is 2.67. The highest BCUT2D eigenvalue weighted by molar-refractivity contribution is 5.92. The molecule has 4 nitrogen and oxygen atoms in total. The first-order valence-corrected chi connectivity index (χ1v) is 7.73. The second kappa shape index (κ2) is 5.23. The van der Waals surface area contributed by atoms with Crippen LogP contribution in [0.15, 0.2) is 34.9 Å². The minimum absolute atomic E-state index is 0.182. The van der Waals surface area contributed by atoms with Crippen molar-refractivity contribution >= 4 is 5.91 Å². The van der Waals surface area contributed by atoms with Gasteiger partial charge in [-0.25, -0.2) is 4.39 Å². The highest BCUT2D eigenvalue weighted by atomic mass is 19.1. The summed E-state index contributed by atoms with van der Waals surface area (Å²) in [5, 5.41) is 3.99. The quantitative estimate of drug-likeness (QED) is 0.849. The van der Waals surface area contributed by atoms with Gasteiger partial charge in [0.05, 0.1) is 5.69 Å². The van der Waals surface area contributed by atoms with Gasteiger partial charge in [-0.15, -0.1) is 0 Å². The molecule has 4 rings (SSSR count). The number of benzene rings is 1. The molecule has 1 aromatic heterocycles. The zero-order valence-corrected chi connectivity index (χ0v) is 12.2. The van der Waals surface area contributed by atoms with Crippen molar-refractivity contribution in [3.63, 3.8) is 0 Å². The Kier molecular flexibility index (Phi) is 3.21. The Morgan fingerprint density at radius 3 is 2.73 bits per heavy atom. The maximum atomic E-state index is 13.8. The third-order valence-electron chi connectivity index (χ3n) is 4.28. The summed E-state index contributed by atoms with van der Waals surface area (Å²) in [5.74, 6) is 0.249. The number of amides is 1. The molecular weight excluding hydrogens is 283 g/mol. The summed E-state index contributed by atoms with van der Waals surface area (Å²) >= 11 is 0. The van der Waals surface area contributed by atoms with Crippen molar-refractivity contribution in [2.75, 3.05) is 0 Å². The molecule has 0 radical (unpaired) electrons. The number of carbonyl (C=O) groups is 1. The van der Waals surface area contributed by atoms with Crippen molar-refractivity contribution in [1.29, 1.82) is 0 Å². The zero-order chi connectivity index (χ0) is 15.1. The van der Waals surface area contributed by atoms with Gasteiger partial charge >= 0.3 is 0 Å². The Labute approximate surface area is 127 Å². The largest absolute Gasteiger partial charge is 0.351 e. The van der Waals surface area contributed by atoms with E-state index in [0.29, 0.717) is 11.5 Å². The Hall–Kier alpha value is -2.17. The summed E-state index contributed by atoms with van der Waals surface area (Å²) in [6, 6.07) is 8.50. The fraction of sp³-hybridized carbons (Fsp3) is 0.412. The first-order valence-electron chi connectivity index (χ1n) is 7.73. The SMILES string of the molecule is O=C(c1cc(C2CC2)no1)N(Cc1ccccc1F)C1CC1. The maximum Gasteiger partial charge on any atom is 0.293 e. The van der Waals surface area contributed by atoms with Crippen LogP contribution < -0.4 is 0 Å². The molecule has 2 aromatic rings. The Morgan fingerprint density at radius 2 is 2.05 bits per heavy atom. The van der Waals surface area contributed by atoms with Crippen molar-refractivity contribution in [1.82, 2.24) is 10.1 Å². The van der Waals surface area contributed by atoms with Crippen LogP contribution in [0, 0.1) is 5.82 Å².